The third kappa shape index (κ3) is 5.32. The zero-order chi connectivity index (χ0) is 14.4. The van der Waals surface area contributed by atoms with Crippen LogP contribution in [0.15, 0.2) is 29.6 Å². The van der Waals surface area contributed by atoms with Crippen molar-refractivity contribution in [3.63, 3.8) is 0 Å². The molecule has 21 heavy (non-hydrogen) atoms. The van der Waals surface area contributed by atoms with Crippen LogP contribution in [0, 0.1) is 0 Å². The highest BCUT2D eigenvalue weighted by atomic mass is 35.5. The van der Waals surface area contributed by atoms with Gasteiger partial charge in [0.25, 0.3) is 5.91 Å². The minimum absolute atomic E-state index is 0. The number of benzene rings is 1. The maximum Gasteiger partial charge on any atom is 0.275 e. The van der Waals surface area contributed by atoms with Gasteiger partial charge in [0.2, 0.25) is 0 Å². The first-order valence-corrected chi connectivity index (χ1v) is 8.54. The SMILES string of the molecule is CSCCc1ccc(NC(=O)c2csc(CN)n2)cc1.Cl. The van der Waals surface area contributed by atoms with Gasteiger partial charge >= 0.3 is 0 Å². The highest BCUT2D eigenvalue weighted by molar-refractivity contribution is 7.98. The van der Waals surface area contributed by atoms with Crippen LogP contribution in [0.1, 0.15) is 21.1 Å². The zero-order valence-electron chi connectivity index (χ0n) is 11.7. The molecule has 0 atom stereocenters. The molecule has 0 spiro atoms. The predicted octanol–water partition coefficient (Wildman–Crippen LogP) is 3.18. The van der Waals surface area contributed by atoms with Gasteiger partial charge in [-0.25, -0.2) is 4.98 Å². The minimum atomic E-state index is -0.196. The highest BCUT2D eigenvalue weighted by Gasteiger charge is 2.10. The first-order chi connectivity index (χ1) is 9.72. The van der Waals surface area contributed by atoms with Crippen molar-refractivity contribution in [3.8, 4) is 0 Å². The Kier molecular flexibility index (Phi) is 7.74. The van der Waals surface area contributed by atoms with Crippen LogP contribution < -0.4 is 11.1 Å². The molecule has 2 aromatic rings. The molecule has 2 rings (SSSR count). The summed E-state index contributed by atoms with van der Waals surface area (Å²) in [5, 5.41) is 5.33. The quantitative estimate of drug-likeness (QED) is 0.845. The molecule has 4 nitrogen and oxygen atoms in total. The van der Waals surface area contributed by atoms with Crippen molar-refractivity contribution in [2.75, 3.05) is 17.3 Å². The number of thiazole rings is 1. The van der Waals surface area contributed by atoms with E-state index in [1.165, 1.54) is 16.9 Å². The molecule has 0 saturated carbocycles. The van der Waals surface area contributed by atoms with Crippen LogP contribution in [-0.2, 0) is 13.0 Å². The third-order valence-electron chi connectivity index (χ3n) is 2.77. The molecule has 1 amide bonds. The van der Waals surface area contributed by atoms with Crippen LogP contribution >= 0.6 is 35.5 Å². The van der Waals surface area contributed by atoms with Crippen molar-refractivity contribution in [3.05, 3.63) is 45.9 Å². The summed E-state index contributed by atoms with van der Waals surface area (Å²) in [6, 6.07) is 7.92. The van der Waals surface area contributed by atoms with Crippen molar-refractivity contribution < 1.29 is 4.79 Å². The van der Waals surface area contributed by atoms with Crippen LogP contribution in [0.5, 0.6) is 0 Å². The van der Waals surface area contributed by atoms with Gasteiger partial charge in [0.05, 0.1) is 0 Å². The van der Waals surface area contributed by atoms with Crippen LogP contribution in [-0.4, -0.2) is 22.9 Å². The van der Waals surface area contributed by atoms with Crippen molar-refractivity contribution in [1.82, 2.24) is 4.98 Å². The summed E-state index contributed by atoms with van der Waals surface area (Å²) in [5.41, 5.74) is 7.96. The number of hydrogen-bond donors (Lipinski definition) is 2. The number of halogens is 1. The van der Waals surface area contributed by atoms with E-state index >= 15 is 0 Å². The van der Waals surface area contributed by atoms with Gasteiger partial charge in [-0.15, -0.1) is 23.7 Å². The summed E-state index contributed by atoms with van der Waals surface area (Å²) in [4.78, 5) is 16.2. The van der Waals surface area contributed by atoms with Crippen molar-refractivity contribution in [2.24, 2.45) is 5.73 Å². The Labute approximate surface area is 139 Å². The predicted molar refractivity (Wildman–Crippen MR) is 93.7 cm³/mol. The van der Waals surface area contributed by atoms with Gasteiger partial charge in [0, 0.05) is 17.6 Å². The summed E-state index contributed by atoms with van der Waals surface area (Å²) >= 11 is 3.23. The molecular weight excluding hydrogens is 326 g/mol. The van der Waals surface area contributed by atoms with E-state index in [-0.39, 0.29) is 18.3 Å². The van der Waals surface area contributed by atoms with E-state index in [0.717, 1.165) is 22.9 Å². The van der Waals surface area contributed by atoms with Crippen LogP contribution in [0.4, 0.5) is 5.69 Å². The maximum absolute atomic E-state index is 12.0. The van der Waals surface area contributed by atoms with Crippen molar-refractivity contribution >= 4 is 47.1 Å². The number of aromatic nitrogens is 1. The van der Waals surface area contributed by atoms with E-state index in [1.54, 1.807) is 5.38 Å². The van der Waals surface area contributed by atoms with Crippen molar-refractivity contribution in [1.29, 1.82) is 0 Å². The number of nitrogens with one attached hydrogen (secondary N) is 1. The van der Waals surface area contributed by atoms with Crippen molar-refractivity contribution in [2.45, 2.75) is 13.0 Å². The molecule has 0 fully saturated rings. The second-order valence-electron chi connectivity index (χ2n) is 4.22. The number of carbonyl (C=O) groups is 1. The average Bonchev–Trinajstić information content (AvgIpc) is 2.95. The fraction of sp³-hybridized carbons (Fsp3) is 0.286. The van der Waals surface area contributed by atoms with Gasteiger partial charge in [-0.05, 0) is 36.1 Å². The number of nitrogens with zero attached hydrogens (tertiary/aromatic N) is 1. The lowest BCUT2D eigenvalue weighted by Gasteiger charge is -2.05. The van der Waals surface area contributed by atoms with E-state index in [2.05, 4.69) is 16.6 Å². The minimum Gasteiger partial charge on any atom is -0.325 e. The lowest BCUT2D eigenvalue weighted by molar-refractivity contribution is 0.102. The first kappa shape index (κ1) is 18.0. The topological polar surface area (TPSA) is 68.0 Å². The second-order valence-corrected chi connectivity index (χ2v) is 6.15. The lowest BCUT2D eigenvalue weighted by atomic mass is 10.1. The molecule has 1 aromatic heterocycles. The molecule has 0 unspecified atom stereocenters. The van der Waals surface area contributed by atoms with Gasteiger partial charge in [-0.2, -0.15) is 11.8 Å². The molecule has 7 heteroatoms. The van der Waals surface area contributed by atoms with E-state index in [9.17, 15) is 4.79 Å². The Bertz CT molecular complexity index is 572. The van der Waals surface area contributed by atoms with Crippen LogP contribution in [0.2, 0.25) is 0 Å². The van der Waals surface area contributed by atoms with E-state index in [4.69, 9.17) is 5.73 Å². The average molecular weight is 344 g/mol. The molecule has 0 aliphatic carbocycles. The molecule has 1 heterocycles. The number of hydrogen-bond acceptors (Lipinski definition) is 5. The van der Waals surface area contributed by atoms with E-state index in [1.807, 2.05) is 36.0 Å². The van der Waals surface area contributed by atoms with Gasteiger partial charge in [0.15, 0.2) is 0 Å². The summed E-state index contributed by atoms with van der Waals surface area (Å²) in [6.45, 7) is 0.363. The Hall–Kier alpha value is -1.08. The number of anilines is 1. The van der Waals surface area contributed by atoms with E-state index < -0.39 is 0 Å². The number of carbonyl (C=O) groups excluding carboxylic acids is 1. The van der Waals surface area contributed by atoms with Crippen LogP contribution in [0.3, 0.4) is 0 Å². The molecule has 0 radical (unpaired) electrons. The molecule has 0 aliphatic rings. The smallest absolute Gasteiger partial charge is 0.275 e. The fourth-order valence-corrected chi connectivity index (χ4v) is 2.77. The Morgan fingerprint density at radius 1 is 1.38 bits per heavy atom. The number of nitrogens with two attached hydrogens (primary N) is 1. The second kappa shape index (κ2) is 9.04. The van der Waals surface area contributed by atoms with E-state index in [0.29, 0.717) is 12.2 Å². The highest BCUT2D eigenvalue weighted by Crippen LogP contribution is 2.14. The Morgan fingerprint density at radius 2 is 2.10 bits per heavy atom. The molecule has 0 bridgehead atoms. The summed E-state index contributed by atoms with van der Waals surface area (Å²) in [5.74, 6) is 0.907. The molecule has 114 valence electrons. The standard InChI is InChI=1S/C14H17N3OS2.ClH/c1-19-7-6-10-2-4-11(5-3-10)16-14(18)12-9-20-13(8-15)17-12;/h2-5,9H,6-8,15H2,1H3,(H,16,18);1H. The fourth-order valence-electron chi connectivity index (χ4n) is 1.68. The molecule has 0 aliphatic heterocycles. The van der Waals surface area contributed by atoms with Gasteiger partial charge in [0.1, 0.15) is 10.7 Å². The van der Waals surface area contributed by atoms with Crippen LogP contribution in [0.25, 0.3) is 0 Å². The maximum atomic E-state index is 12.0. The summed E-state index contributed by atoms with van der Waals surface area (Å²) < 4.78 is 0. The number of thioether (sulfide) groups is 1. The molecule has 0 saturated heterocycles. The zero-order valence-corrected chi connectivity index (χ0v) is 14.1. The lowest BCUT2D eigenvalue weighted by Crippen LogP contribution is -2.12. The van der Waals surface area contributed by atoms with Gasteiger partial charge in [-0.3, -0.25) is 4.79 Å². The van der Waals surface area contributed by atoms with Gasteiger partial charge in [-0.1, -0.05) is 12.1 Å². The first-order valence-electron chi connectivity index (χ1n) is 6.26. The number of rotatable bonds is 6. The summed E-state index contributed by atoms with van der Waals surface area (Å²) in [7, 11) is 0. The number of aryl methyl sites for hydroxylation is 1. The monoisotopic (exact) mass is 343 g/mol. The Balaban J connectivity index is 0.00000220. The number of amides is 1. The summed E-state index contributed by atoms with van der Waals surface area (Å²) in [6.07, 6.45) is 3.14. The molecule has 1 aromatic carbocycles. The third-order valence-corrected chi connectivity index (χ3v) is 4.25. The Morgan fingerprint density at radius 3 is 2.67 bits per heavy atom. The normalized spacial score (nSPS) is 10.0. The molecule has 3 N–H and O–H groups in total. The van der Waals surface area contributed by atoms with Gasteiger partial charge < -0.3 is 11.1 Å². The molecular formula is C14H18ClN3OS2. The largest absolute Gasteiger partial charge is 0.325 e.